The highest BCUT2D eigenvalue weighted by Crippen LogP contribution is 2.34. The van der Waals surface area contributed by atoms with Crippen molar-refractivity contribution < 1.29 is 4.84 Å². The van der Waals surface area contributed by atoms with E-state index in [1.165, 1.54) is 5.56 Å². The summed E-state index contributed by atoms with van der Waals surface area (Å²) in [6.45, 7) is 2.10. The van der Waals surface area contributed by atoms with Gasteiger partial charge >= 0.3 is 0 Å². The smallest absolute Gasteiger partial charge is 0.165 e. The zero-order chi connectivity index (χ0) is 8.60. The van der Waals surface area contributed by atoms with E-state index in [0.717, 1.165) is 6.42 Å². The highest BCUT2D eigenvalue weighted by atomic mass is 16.9. The van der Waals surface area contributed by atoms with Gasteiger partial charge in [-0.05, 0) is 12.5 Å². The van der Waals surface area contributed by atoms with Gasteiger partial charge in [0.05, 0.1) is 0 Å². The number of hydrogen-bond donors (Lipinski definition) is 0. The molecular weight excluding hydrogens is 150 g/mol. The number of rotatable bonds is 2. The van der Waals surface area contributed by atoms with Crippen LogP contribution in [0.4, 0.5) is 0 Å². The van der Waals surface area contributed by atoms with Crippen molar-refractivity contribution in [2.75, 3.05) is 7.05 Å². The van der Waals surface area contributed by atoms with E-state index < -0.39 is 0 Å². The maximum Gasteiger partial charge on any atom is 0.165 e. The molecule has 2 atom stereocenters. The van der Waals surface area contributed by atoms with Crippen LogP contribution in [0, 0.1) is 0 Å². The Morgan fingerprint density at radius 1 is 1.33 bits per heavy atom. The van der Waals surface area contributed by atoms with Gasteiger partial charge in [-0.3, -0.25) is 4.84 Å². The summed E-state index contributed by atoms with van der Waals surface area (Å²) in [4.78, 5) is 5.34. The maximum atomic E-state index is 5.34. The van der Waals surface area contributed by atoms with Gasteiger partial charge in [0.25, 0.3) is 0 Å². The quantitative estimate of drug-likeness (QED) is 0.618. The molecule has 1 aromatic rings. The molecule has 0 aromatic heterocycles. The van der Waals surface area contributed by atoms with E-state index in [2.05, 4.69) is 31.2 Å². The predicted molar refractivity (Wildman–Crippen MR) is 47.4 cm³/mol. The van der Waals surface area contributed by atoms with E-state index in [4.69, 9.17) is 4.84 Å². The standard InChI is InChI=1S/C10H13NO/c1-10(11(2)12-10)8-9-6-4-3-5-7-9/h3-7H,8H2,1-2H3/t10-,11?/m0/s1. The van der Waals surface area contributed by atoms with E-state index in [1.807, 2.05) is 18.2 Å². The second-order valence-electron chi connectivity index (χ2n) is 3.43. The molecule has 0 bridgehead atoms. The summed E-state index contributed by atoms with van der Waals surface area (Å²) < 4.78 is 0. The third-order valence-electron chi connectivity index (χ3n) is 2.34. The Bertz CT molecular complexity index is 272. The lowest BCUT2D eigenvalue weighted by molar-refractivity contribution is 0.222. The fourth-order valence-corrected chi connectivity index (χ4v) is 1.39. The van der Waals surface area contributed by atoms with Crippen LogP contribution in [0.15, 0.2) is 30.3 Å². The lowest BCUT2D eigenvalue weighted by atomic mass is 10.1. The van der Waals surface area contributed by atoms with Crippen molar-refractivity contribution in [2.24, 2.45) is 0 Å². The summed E-state index contributed by atoms with van der Waals surface area (Å²) in [5.41, 5.74) is 1.27. The number of hydrogen-bond acceptors (Lipinski definition) is 2. The SMILES string of the molecule is CN1O[C@@]1(C)Cc1ccccc1. The first kappa shape index (κ1) is 7.77. The molecule has 2 heteroatoms. The van der Waals surface area contributed by atoms with Gasteiger partial charge in [-0.15, -0.1) is 0 Å². The molecule has 1 unspecified atom stereocenters. The molecule has 2 nitrogen and oxygen atoms in total. The minimum absolute atomic E-state index is 0.0542. The van der Waals surface area contributed by atoms with E-state index in [9.17, 15) is 0 Å². The van der Waals surface area contributed by atoms with Gasteiger partial charge in [-0.1, -0.05) is 30.3 Å². The molecule has 2 rings (SSSR count). The summed E-state index contributed by atoms with van der Waals surface area (Å²) in [5, 5.41) is 1.89. The Morgan fingerprint density at radius 2 is 1.92 bits per heavy atom. The van der Waals surface area contributed by atoms with Crippen LogP contribution in [0.1, 0.15) is 12.5 Å². The third kappa shape index (κ3) is 1.36. The molecule has 0 N–H and O–H groups in total. The van der Waals surface area contributed by atoms with Crippen molar-refractivity contribution in [3.63, 3.8) is 0 Å². The van der Waals surface area contributed by atoms with E-state index in [-0.39, 0.29) is 5.72 Å². The predicted octanol–water partition coefficient (Wildman–Crippen LogP) is 1.82. The Hall–Kier alpha value is -0.860. The first-order valence-corrected chi connectivity index (χ1v) is 4.18. The van der Waals surface area contributed by atoms with Crippen LogP contribution in [0.3, 0.4) is 0 Å². The Kier molecular flexibility index (Phi) is 1.67. The Morgan fingerprint density at radius 3 is 2.42 bits per heavy atom. The van der Waals surface area contributed by atoms with E-state index >= 15 is 0 Å². The average Bonchev–Trinajstić information content (AvgIpc) is 2.61. The summed E-state index contributed by atoms with van der Waals surface area (Å²) in [6, 6.07) is 10.4. The normalized spacial score (nSPS) is 33.3. The Balaban J connectivity index is 2.06. The van der Waals surface area contributed by atoms with Crippen LogP contribution in [0.2, 0.25) is 0 Å². The van der Waals surface area contributed by atoms with E-state index in [0.29, 0.717) is 0 Å². The third-order valence-corrected chi connectivity index (χ3v) is 2.34. The zero-order valence-corrected chi connectivity index (χ0v) is 7.45. The Labute approximate surface area is 72.7 Å². The lowest BCUT2D eigenvalue weighted by Gasteiger charge is -2.03. The topological polar surface area (TPSA) is 15.5 Å². The van der Waals surface area contributed by atoms with E-state index in [1.54, 1.807) is 0 Å². The number of nitrogens with zero attached hydrogens (tertiary/aromatic N) is 1. The zero-order valence-electron chi connectivity index (χ0n) is 7.45. The molecule has 0 radical (unpaired) electrons. The molecule has 1 aromatic carbocycles. The minimum atomic E-state index is -0.0542. The first-order chi connectivity index (χ1) is 5.71. The molecule has 0 spiro atoms. The van der Waals surface area contributed by atoms with Crippen molar-refractivity contribution >= 4 is 0 Å². The first-order valence-electron chi connectivity index (χ1n) is 4.18. The summed E-state index contributed by atoms with van der Waals surface area (Å²) >= 11 is 0. The fourth-order valence-electron chi connectivity index (χ4n) is 1.39. The van der Waals surface area contributed by atoms with Crippen LogP contribution in [-0.2, 0) is 11.3 Å². The minimum Gasteiger partial charge on any atom is -0.272 e. The molecule has 64 valence electrons. The van der Waals surface area contributed by atoms with Crippen LogP contribution >= 0.6 is 0 Å². The van der Waals surface area contributed by atoms with Crippen LogP contribution in [-0.4, -0.2) is 17.8 Å². The number of hydroxylamine groups is 2. The van der Waals surface area contributed by atoms with Crippen molar-refractivity contribution in [2.45, 2.75) is 19.1 Å². The second-order valence-corrected chi connectivity index (χ2v) is 3.43. The highest BCUT2D eigenvalue weighted by Gasteiger charge is 2.47. The summed E-state index contributed by atoms with van der Waals surface area (Å²) in [7, 11) is 1.96. The molecule has 12 heavy (non-hydrogen) atoms. The molecule has 0 aliphatic carbocycles. The van der Waals surface area contributed by atoms with Gasteiger partial charge in [-0.2, -0.15) is 5.06 Å². The van der Waals surface area contributed by atoms with Crippen LogP contribution < -0.4 is 0 Å². The van der Waals surface area contributed by atoms with Gasteiger partial charge in [0.15, 0.2) is 5.72 Å². The molecule has 1 aliphatic heterocycles. The average molecular weight is 163 g/mol. The number of benzene rings is 1. The monoisotopic (exact) mass is 163 g/mol. The van der Waals surface area contributed by atoms with Crippen LogP contribution in [0.25, 0.3) is 0 Å². The second kappa shape index (κ2) is 2.57. The molecule has 1 saturated heterocycles. The molecule has 1 aliphatic rings. The van der Waals surface area contributed by atoms with Crippen molar-refractivity contribution in [1.82, 2.24) is 5.06 Å². The van der Waals surface area contributed by atoms with Gasteiger partial charge in [0.2, 0.25) is 0 Å². The molecule has 0 amide bonds. The van der Waals surface area contributed by atoms with Crippen molar-refractivity contribution in [3.8, 4) is 0 Å². The van der Waals surface area contributed by atoms with Gasteiger partial charge < -0.3 is 0 Å². The summed E-state index contributed by atoms with van der Waals surface area (Å²) in [5.74, 6) is 0. The van der Waals surface area contributed by atoms with Crippen molar-refractivity contribution in [3.05, 3.63) is 35.9 Å². The maximum absolute atomic E-state index is 5.34. The number of likely N-dealkylation sites (N-methyl/N-ethyl adjacent to an activating group) is 1. The molecule has 0 saturated carbocycles. The van der Waals surface area contributed by atoms with Crippen molar-refractivity contribution in [1.29, 1.82) is 0 Å². The van der Waals surface area contributed by atoms with Gasteiger partial charge in [-0.25, -0.2) is 0 Å². The molecule has 1 heterocycles. The van der Waals surface area contributed by atoms with Gasteiger partial charge in [0.1, 0.15) is 0 Å². The molecular formula is C10H13NO. The fraction of sp³-hybridized carbons (Fsp3) is 0.400. The molecule has 1 fully saturated rings. The highest BCUT2D eigenvalue weighted by molar-refractivity contribution is 5.17. The van der Waals surface area contributed by atoms with Gasteiger partial charge in [0, 0.05) is 13.5 Å². The van der Waals surface area contributed by atoms with Crippen LogP contribution in [0.5, 0.6) is 0 Å². The largest absolute Gasteiger partial charge is 0.272 e. The summed E-state index contributed by atoms with van der Waals surface area (Å²) in [6.07, 6.45) is 0.963. The lowest BCUT2D eigenvalue weighted by Crippen LogP contribution is -2.14.